The number of esters is 2. The van der Waals surface area contributed by atoms with E-state index in [1.165, 1.54) is 42.7 Å². The number of nitrogens with zero attached hydrogens (tertiary/aromatic N) is 1. The number of rotatable bonds is 7. The molecular weight excluding hydrogens is 410 g/mol. The van der Waals surface area contributed by atoms with Crippen molar-refractivity contribution in [3.63, 3.8) is 0 Å². The number of aryl methyl sites for hydroxylation is 1. The van der Waals surface area contributed by atoms with Crippen LogP contribution in [0.15, 0.2) is 24.3 Å². The zero-order chi connectivity index (χ0) is 22.3. The second-order valence-corrected chi connectivity index (χ2v) is 7.29. The lowest BCUT2D eigenvalue weighted by molar-refractivity contribution is -0.119. The van der Waals surface area contributed by atoms with Gasteiger partial charge in [-0.1, -0.05) is 0 Å². The number of anilines is 2. The number of hydrogen-bond acceptors (Lipinski definition) is 8. The molecule has 0 bridgehead atoms. The number of carbonyl (C=O) groups excluding carboxylic acids is 4. The summed E-state index contributed by atoms with van der Waals surface area (Å²) in [5, 5.41) is 13.9. The van der Waals surface area contributed by atoms with Crippen LogP contribution < -0.4 is 10.6 Å². The van der Waals surface area contributed by atoms with E-state index in [-0.39, 0.29) is 17.5 Å². The Morgan fingerprint density at radius 3 is 2.30 bits per heavy atom. The highest BCUT2D eigenvalue weighted by molar-refractivity contribution is 7.16. The Labute approximate surface area is 176 Å². The molecule has 2 amide bonds. The van der Waals surface area contributed by atoms with Gasteiger partial charge in [0.05, 0.1) is 24.3 Å². The Hall–Kier alpha value is -3.71. The lowest BCUT2D eigenvalue weighted by Crippen LogP contribution is -2.21. The molecule has 0 saturated heterocycles. The van der Waals surface area contributed by atoms with E-state index in [4.69, 9.17) is 14.7 Å². The van der Waals surface area contributed by atoms with Crippen molar-refractivity contribution in [2.75, 3.05) is 24.4 Å². The standard InChI is InChI=1S/C20H19N3O6S/c1-11-12(2)30-18(17(11)20(27)28-3)23-16(25)10-29-19(26)13-4-6-14(7-5-13)22-15(24)8-9-21/h4-7H,8,10H2,1-3H3,(H,22,24)(H,23,25). The summed E-state index contributed by atoms with van der Waals surface area (Å²) in [6.07, 6.45) is -0.278. The monoisotopic (exact) mass is 429 g/mol. The highest BCUT2D eigenvalue weighted by Gasteiger charge is 2.22. The van der Waals surface area contributed by atoms with Gasteiger partial charge in [0.25, 0.3) is 5.91 Å². The highest BCUT2D eigenvalue weighted by Crippen LogP contribution is 2.32. The smallest absolute Gasteiger partial charge is 0.341 e. The molecule has 1 aromatic carbocycles. The number of amides is 2. The number of nitriles is 1. The lowest BCUT2D eigenvalue weighted by atomic mass is 10.1. The molecule has 0 fully saturated rings. The SMILES string of the molecule is COC(=O)c1c(NC(=O)COC(=O)c2ccc(NC(=O)CC#N)cc2)sc(C)c1C. The van der Waals surface area contributed by atoms with Crippen molar-refractivity contribution >= 4 is 45.8 Å². The zero-order valence-corrected chi connectivity index (χ0v) is 17.3. The van der Waals surface area contributed by atoms with Crippen molar-refractivity contribution in [1.82, 2.24) is 0 Å². The first-order valence-corrected chi connectivity index (χ1v) is 9.50. The first-order valence-electron chi connectivity index (χ1n) is 8.69. The number of ether oxygens (including phenoxy) is 2. The van der Waals surface area contributed by atoms with Crippen molar-refractivity contribution in [3.05, 3.63) is 45.8 Å². The van der Waals surface area contributed by atoms with E-state index in [0.717, 1.165) is 4.88 Å². The van der Waals surface area contributed by atoms with Crippen LogP contribution in [0.4, 0.5) is 10.7 Å². The van der Waals surface area contributed by atoms with Gasteiger partial charge in [-0.3, -0.25) is 9.59 Å². The van der Waals surface area contributed by atoms with Gasteiger partial charge < -0.3 is 20.1 Å². The van der Waals surface area contributed by atoms with E-state index in [2.05, 4.69) is 10.6 Å². The lowest BCUT2D eigenvalue weighted by Gasteiger charge is -2.08. The molecule has 0 aliphatic carbocycles. The van der Waals surface area contributed by atoms with Crippen LogP contribution in [0.25, 0.3) is 0 Å². The van der Waals surface area contributed by atoms with Gasteiger partial charge >= 0.3 is 11.9 Å². The van der Waals surface area contributed by atoms with Gasteiger partial charge in [0.15, 0.2) is 6.61 Å². The molecule has 30 heavy (non-hydrogen) atoms. The topological polar surface area (TPSA) is 135 Å². The van der Waals surface area contributed by atoms with E-state index in [9.17, 15) is 19.2 Å². The molecule has 0 atom stereocenters. The van der Waals surface area contributed by atoms with Crippen molar-refractivity contribution in [2.24, 2.45) is 0 Å². The van der Waals surface area contributed by atoms with E-state index in [1.807, 2.05) is 6.92 Å². The average Bonchev–Trinajstić information content (AvgIpc) is 2.99. The summed E-state index contributed by atoms with van der Waals surface area (Å²) in [6, 6.07) is 7.53. The first kappa shape index (κ1) is 22.6. The molecule has 0 unspecified atom stereocenters. The summed E-state index contributed by atoms with van der Waals surface area (Å²) < 4.78 is 9.74. The fourth-order valence-electron chi connectivity index (χ4n) is 2.41. The molecule has 2 N–H and O–H groups in total. The summed E-state index contributed by atoms with van der Waals surface area (Å²) in [7, 11) is 1.25. The van der Waals surface area contributed by atoms with Crippen LogP contribution >= 0.6 is 11.3 Å². The fraction of sp³-hybridized carbons (Fsp3) is 0.250. The van der Waals surface area contributed by atoms with Crippen molar-refractivity contribution in [2.45, 2.75) is 20.3 Å². The van der Waals surface area contributed by atoms with Crippen LogP contribution in [0.2, 0.25) is 0 Å². The van der Waals surface area contributed by atoms with Gasteiger partial charge in [0.1, 0.15) is 11.4 Å². The maximum Gasteiger partial charge on any atom is 0.341 e. The fourth-order valence-corrected chi connectivity index (χ4v) is 3.47. The molecule has 0 aliphatic heterocycles. The maximum absolute atomic E-state index is 12.2. The van der Waals surface area contributed by atoms with E-state index < -0.39 is 30.4 Å². The van der Waals surface area contributed by atoms with Crippen LogP contribution in [-0.2, 0) is 19.1 Å². The van der Waals surface area contributed by atoms with Gasteiger partial charge in [0.2, 0.25) is 5.91 Å². The van der Waals surface area contributed by atoms with Gasteiger partial charge in [0, 0.05) is 10.6 Å². The number of hydrogen-bond donors (Lipinski definition) is 2. The maximum atomic E-state index is 12.2. The van der Waals surface area contributed by atoms with Crippen LogP contribution in [0, 0.1) is 25.2 Å². The molecule has 0 saturated carbocycles. The minimum Gasteiger partial charge on any atom is -0.465 e. The molecule has 156 valence electrons. The molecule has 2 rings (SSSR count). The van der Waals surface area contributed by atoms with Crippen molar-refractivity contribution in [1.29, 1.82) is 5.26 Å². The number of thiophene rings is 1. The molecule has 2 aromatic rings. The summed E-state index contributed by atoms with van der Waals surface area (Å²) >= 11 is 1.23. The van der Waals surface area contributed by atoms with Gasteiger partial charge in [-0.15, -0.1) is 11.3 Å². The third kappa shape index (κ3) is 5.65. The molecule has 0 radical (unpaired) electrons. The predicted molar refractivity (Wildman–Crippen MR) is 109 cm³/mol. The largest absolute Gasteiger partial charge is 0.465 e. The Morgan fingerprint density at radius 1 is 1.03 bits per heavy atom. The molecule has 1 heterocycles. The zero-order valence-electron chi connectivity index (χ0n) is 16.5. The quantitative estimate of drug-likeness (QED) is 0.646. The number of nitrogens with one attached hydrogen (secondary N) is 2. The number of benzene rings is 1. The third-order valence-corrected chi connectivity index (χ3v) is 5.13. The summed E-state index contributed by atoms with van der Waals surface area (Å²) in [5.74, 6) is -2.36. The Morgan fingerprint density at radius 2 is 1.70 bits per heavy atom. The summed E-state index contributed by atoms with van der Waals surface area (Å²) in [6.45, 7) is 3.02. The highest BCUT2D eigenvalue weighted by atomic mass is 32.1. The van der Waals surface area contributed by atoms with E-state index in [1.54, 1.807) is 13.0 Å². The minimum absolute atomic E-state index is 0.180. The van der Waals surface area contributed by atoms with Crippen LogP contribution in [0.1, 0.15) is 37.6 Å². The van der Waals surface area contributed by atoms with E-state index in [0.29, 0.717) is 16.3 Å². The molecule has 0 spiro atoms. The predicted octanol–water partition coefficient (Wildman–Crippen LogP) is 2.80. The second-order valence-electron chi connectivity index (χ2n) is 6.06. The van der Waals surface area contributed by atoms with Gasteiger partial charge in [-0.25, -0.2) is 9.59 Å². The Balaban J connectivity index is 1.95. The molecule has 10 heteroatoms. The Bertz CT molecular complexity index is 1020. The molecule has 0 aliphatic rings. The summed E-state index contributed by atoms with van der Waals surface area (Å²) in [5.41, 5.74) is 1.58. The molecule has 9 nitrogen and oxygen atoms in total. The second kappa shape index (κ2) is 10.2. The van der Waals surface area contributed by atoms with Crippen LogP contribution in [0.5, 0.6) is 0 Å². The van der Waals surface area contributed by atoms with Gasteiger partial charge in [-0.2, -0.15) is 5.26 Å². The number of methoxy groups -OCH3 is 1. The molecular formula is C20H19N3O6S. The average molecular weight is 429 g/mol. The normalized spacial score (nSPS) is 9.93. The van der Waals surface area contributed by atoms with E-state index >= 15 is 0 Å². The summed E-state index contributed by atoms with van der Waals surface area (Å²) in [4.78, 5) is 48.4. The number of carbonyl (C=O) groups is 4. The minimum atomic E-state index is -0.730. The van der Waals surface area contributed by atoms with Crippen LogP contribution in [0.3, 0.4) is 0 Å². The van der Waals surface area contributed by atoms with Crippen LogP contribution in [-0.4, -0.2) is 37.5 Å². The first-order chi connectivity index (χ1) is 14.3. The molecule has 1 aromatic heterocycles. The van der Waals surface area contributed by atoms with Crippen molar-refractivity contribution in [3.8, 4) is 6.07 Å². The Kier molecular flexibility index (Phi) is 7.66. The van der Waals surface area contributed by atoms with Gasteiger partial charge in [-0.05, 0) is 43.7 Å². The third-order valence-electron chi connectivity index (χ3n) is 4.01. The van der Waals surface area contributed by atoms with Crippen molar-refractivity contribution < 1.29 is 28.7 Å².